The second-order valence-electron chi connectivity index (χ2n) is 4.89. The Morgan fingerprint density at radius 2 is 1.92 bits per heavy atom. The van der Waals surface area contributed by atoms with Crippen molar-refractivity contribution in [2.75, 3.05) is 12.5 Å². The van der Waals surface area contributed by atoms with Crippen molar-refractivity contribution in [2.45, 2.75) is 0 Å². The van der Waals surface area contributed by atoms with Gasteiger partial charge in [-0.1, -0.05) is 42.5 Å². The molecule has 6 heteroatoms. The van der Waals surface area contributed by atoms with Crippen LogP contribution in [0.4, 0.5) is 5.13 Å². The topological polar surface area (TPSA) is 63.6 Å². The van der Waals surface area contributed by atoms with Crippen molar-refractivity contribution < 1.29 is 9.53 Å². The fourth-order valence-electron chi connectivity index (χ4n) is 2.05. The Morgan fingerprint density at radius 1 is 1.17 bits per heavy atom. The minimum atomic E-state index is -0.354. The van der Waals surface area contributed by atoms with Crippen LogP contribution in [-0.4, -0.2) is 24.3 Å². The molecule has 0 unspecified atom stereocenters. The Kier molecular flexibility index (Phi) is 4.98. The SMILES string of the molecule is COC(=O)c1ccc(C=NNc2nc(-c3ccccc3)cs2)cc1. The van der Waals surface area contributed by atoms with E-state index in [0.717, 1.165) is 22.0 Å². The smallest absolute Gasteiger partial charge is 0.337 e. The molecule has 1 aromatic heterocycles. The molecule has 3 rings (SSSR count). The molecule has 0 bridgehead atoms. The average Bonchev–Trinajstić information content (AvgIpc) is 3.11. The van der Waals surface area contributed by atoms with Gasteiger partial charge >= 0.3 is 5.97 Å². The third-order valence-corrected chi connectivity index (χ3v) is 4.03. The summed E-state index contributed by atoms with van der Waals surface area (Å²) in [5.41, 5.74) is 6.29. The lowest BCUT2D eigenvalue weighted by atomic mass is 10.1. The van der Waals surface area contributed by atoms with E-state index in [1.54, 1.807) is 30.5 Å². The highest BCUT2D eigenvalue weighted by Crippen LogP contribution is 2.24. The summed E-state index contributed by atoms with van der Waals surface area (Å²) in [6.45, 7) is 0. The Bertz CT molecular complexity index is 842. The zero-order valence-electron chi connectivity index (χ0n) is 13.0. The van der Waals surface area contributed by atoms with Gasteiger partial charge < -0.3 is 4.74 Å². The van der Waals surface area contributed by atoms with Crippen LogP contribution in [0.5, 0.6) is 0 Å². The number of nitrogens with one attached hydrogen (secondary N) is 1. The number of hydrogen-bond donors (Lipinski definition) is 1. The van der Waals surface area contributed by atoms with Crippen molar-refractivity contribution in [1.29, 1.82) is 0 Å². The number of hydrogen-bond acceptors (Lipinski definition) is 6. The maximum atomic E-state index is 11.4. The number of aromatic nitrogens is 1. The number of rotatable bonds is 5. The minimum absolute atomic E-state index is 0.354. The van der Waals surface area contributed by atoms with Gasteiger partial charge in [-0.3, -0.25) is 5.43 Å². The number of ether oxygens (including phenoxy) is 1. The fraction of sp³-hybridized carbons (Fsp3) is 0.0556. The Balaban J connectivity index is 1.62. The second kappa shape index (κ2) is 7.52. The first-order valence-corrected chi connectivity index (χ1v) is 8.12. The number of benzene rings is 2. The monoisotopic (exact) mass is 337 g/mol. The van der Waals surface area contributed by atoms with Gasteiger partial charge in [-0.25, -0.2) is 9.78 Å². The van der Waals surface area contributed by atoms with Gasteiger partial charge in [-0.2, -0.15) is 5.10 Å². The van der Waals surface area contributed by atoms with E-state index >= 15 is 0 Å². The van der Waals surface area contributed by atoms with Gasteiger partial charge in [-0.05, 0) is 17.7 Å². The number of methoxy groups -OCH3 is 1. The molecule has 0 atom stereocenters. The van der Waals surface area contributed by atoms with Gasteiger partial charge in [0.05, 0.1) is 24.6 Å². The molecule has 0 spiro atoms. The largest absolute Gasteiger partial charge is 0.465 e. The summed E-state index contributed by atoms with van der Waals surface area (Å²) >= 11 is 1.49. The number of carbonyl (C=O) groups is 1. The molecule has 5 nitrogen and oxygen atoms in total. The van der Waals surface area contributed by atoms with Gasteiger partial charge in [0, 0.05) is 10.9 Å². The molecular weight excluding hydrogens is 322 g/mol. The molecule has 0 fully saturated rings. The van der Waals surface area contributed by atoms with Crippen molar-refractivity contribution in [1.82, 2.24) is 4.98 Å². The van der Waals surface area contributed by atoms with E-state index in [4.69, 9.17) is 0 Å². The molecule has 0 aliphatic carbocycles. The molecule has 0 aliphatic heterocycles. The Hall–Kier alpha value is -2.99. The molecule has 3 aromatic rings. The molecule has 0 amide bonds. The maximum absolute atomic E-state index is 11.4. The van der Waals surface area contributed by atoms with E-state index < -0.39 is 0 Å². The Morgan fingerprint density at radius 3 is 2.62 bits per heavy atom. The van der Waals surface area contributed by atoms with Crippen molar-refractivity contribution in [3.8, 4) is 11.3 Å². The summed E-state index contributed by atoms with van der Waals surface area (Å²) in [5.74, 6) is -0.354. The molecular formula is C18H15N3O2S. The average molecular weight is 337 g/mol. The quantitative estimate of drug-likeness (QED) is 0.433. The molecule has 24 heavy (non-hydrogen) atoms. The third-order valence-electron chi connectivity index (χ3n) is 3.28. The van der Waals surface area contributed by atoms with Gasteiger partial charge in [0.2, 0.25) is 5.13 Å². The molecule has 0 aliphatic rings. The van der Waals surface area contributed by atoms with Crippen LogP contribution in [-0.2, 0) is 4.74 Å². The predicted octanol–water partition coefficient (Wildman–Crippen LogP) is 4.04. The van der Waals surface area contributed by atoms with E-state index in [-0.39, 0.29) is 5.97 Å². The van der Waals surface area contributed by atoms with Gasteiger partial charge in [0.15, 0.2) is 0 Å². The van der Waals surface area contributed by atoms with Gasteiger partial charge in [0.1, 0.15) is 0 Å². The molecule has 0 radical (unpaired) electrons. The molecule has 120 valence electrons. The van der Waals surface area contributed by atoms with Crippen LogP contribution in [0.15, 0.2) is 65.1 Å². The zero-order chi connectivity index (χ0) is 16.8. The third kappa shape index (κ3) is 3.85. The van der Waals surface area contributed by atoms with Crippen LogP contribution in [0.2, 0.25) is 0 Å². The summed E-state index contributed by atoms with van der Waals surface area (Å²) in [7, 11) is 1.36. The molecule has 1 N–H and O–H groups in total. The van der Waals surface area contributed by atoms with Crippen LogP contribution < -0.4 is 5.43 Å². The van der Waals surface area contributed by atoms with E-state index in [2.05, 4.69) is 20.2 Å². The van der Waals surface area contributed by atoms with Crippen LogP contribution in [0.3, 0.4) is 0 Å². The van der Waals surface area contributed by atoms with Crippen molar-refractivity contribution >= 4 is 28.7 Å². The van der Waals surface area contributed by atoms with Crippen molar-refractivity contribution in [3.63, 3.8) is 0 Å². The Labute approximate surface area is 143 Å². The molecule has 0 saturated heterocycles. The first-order valence-electron chi connectivity index (χ1n) is 7.24. The van der Waals surface area contributed by atoms with E-state index in [1.165, 1.54) is 18.4 Å². The van der Waals surface area contributed by atoms with E-state index in [0.29, 0.717) is 5.56 Å². The highest BCUT2D eigenvalue weighted by Gasteiger charge is 2.04. The number of thiazole rings is 1. The van der Waals surface area contributed by atoms with Gasteiger partial charge in [0.25, 0.3) is 0 Å². The summed E-state index contributed by atoms with van der Waals surface area (Å²) in [6, 6.07) is 17.0. The minimum Gasteiger partial charge on any atom is -0.465 e. The summed E-state index contributed by atoms with van der Waals surface area (Å²) < 4.78 is 4.66. The fourth-order valence-corrected chi connectivity index (χ4v) is 2.72. The highest BCUT2D eigenvalue weighted by atomic mass is 32.1. The standard InChI is InChI=1S/C18H15N3O2S/c1-23-17(22)15-9-7-13(8-10-15)11-19-21-18-20-16(12-24-18)14-5-3-2-4-6-14/h2-12H,1H3,(H,20,21). The lowest BCUT2D eigenvalue weighted by molar-refractivity contribution is 0.0600. The van der Waals surface area contributed by atoms with Crippen LogP contribution >= 0.6 is 11.3 Å². The normalized spacial score (nSPS) is 10.7. The van der Waals surface area contributed by atoms with E-state index in [1.807, 2.05) is 35.7 Å². The molecule has 0 saturated carbocycles. The van der Waals surface area contributed by atoms with E-state index in [9.17, 15) is 4.79 Å². The number of anilines is 1. The van der Waals surface area contributed by atoms with Crippen molar-refractivity contribution in [2.24, 2.45) is 5.10 Å². The van der Waals surface area contributed by atoms with Crippen molar-refractivity contribution in [3.05, 3.63) is 71.1 Å². The summed E-state index contributed by atoms with van der Waals surface area (Å²) in [4.78, 5) is 15.9. The molecule has 1 heterocycles. The second-order valence-corrected chi connectivity index (χ2v) is 5.75. The summed E-state index contributed by atoms with van der Waals surface area (Å²) in [5, 5.41) is 6.87. The van der Waals surface area contributed by atoms with Gasteiger partial charge in [-0.15, -0.1) is 11.3 Å². The van der Waals surface area contributed by atoms with Crippen LogP contribution in [0.1, 0.15) is 15.9 Å². The first kappa shape index (κ1) is 15.9. The van der Waals surface area contributed by atoms with Crippen LogP contribution in [0, 0.1) is 0 Å². The number of hydrazone groups is 1. The number of esters is 1. The van der Waals surface area contributed by atoms with Crippen LogP contribution in [0.25, 0.3) is 11.3 Å². The lowest BCUT2D eigenvalue weighted by Crippen LogP contribution is -2.00. The molecule has 2 aromatic carbocycles. The first-order chi connectivity index (χ1) is 11.8. The predicted molar refractivity (Wildman–Crippen MR) is 96.5 cm³/mol. The number of carbonyl (C=O) groups excluding carboxylic acids is 1. The number of nitrogens with zero attached hydrogens (tertiary/aromatic N) is 2. The zero-order valence-corrected chi connectivity index (χ0v) is 13.8. The maximum Gasteiger partial charge on any atom is 0.337 e. The summed E-state index contributed by atoms with van der Waals surface area (Å²) in [6.07, 6.45) is 1.67. The highest BCUT2D eigenvalue weighted by molar-refractivity contribution is 7.14. The lowest BCUT2D eigenvalue weighted by Gasteiger charge is -1.99.